The molecule has 5 heteroatoms. The normalized spacial score (nSPS) is 23.2. The lowest BCUT2D eigenvalue weighted by Gasteiger charge is -2.37. The molecule has 30 heavy (non-hydrogen) atoms. The minimum atomic E-state index is -0.155. The standard InChI is InChI=1S/C25H37N3OS/c1-17(29-25(5,6)7)22-16-30-23(28(22)19-10-8-9-11-19)27-21-13-12-18(15-26)14-20(21)24(2,3)4/h12-14,17,19,22H,8-11,16H2,1-7H3/b27-23-/t17-,22+/m1/s1. The minimum Gasteiger partial charge on any atom is -0.371 e. The van der Waals surface area contributed by atoms with Gasteiger partial charge in [0.15, 0.2) is 5.17 Å². The first-order valence-corrected chi connectivity index (χ1v) is 12.2. The van der Waals surface area contributed by atoms with Gasteiger partial charge in [0.1, 0.15) is 0 Å². The molecule has 0 spiro atoms. The van der Waals surface area contributed by atoms with Gasteiger partial charge in [-0.1, -0.05) is 45.4 Å². The lowest BCUT2D eigenvalue weighted by molar-refractivity contribution is -0.0763. The summed E-state index contributed by atoms with van der Waals surface area (Å²) in [4.78, 5) is 7.76. The molecule has 0 aromatic heterocycles. The Morgan fingerprint density at radius 2 is 1.83 bits per heavy atom. The van der Waals surface area contributed by atoms with E-state index in [1.54, 1.807) is 0 Å². The van der Waals surface area contributed by atoms with E-state index in [4.69, 9.17) is 9.73 Å². The Morgan fingerprint density at radius 3 is 2.40 bits per heavy atom. The molecule has 1 aromatic rings. The molecule has 0 radical (unpaired) electrons. The van der Waals surface area contributed by atoms with Gasteiger partial charge in [0.2, 0.25) is 0 Å². The molecular weight excluding hydrogens is 390 g/mol. The van der Waals surface area contributed by atoms with E-state index >= 15 is 0 Å². The molecule has 4 nitrogen and oxygen atoms in total. The molecule has 1 aliphatic carbocycles. The average Bonchev–Trinajstić information content (AvgIpc) is 3.29. The van der Waals surface area contributed by atoms with E-state index in [9.17, 15) is 5.26 Å². The van der Waals surface area contributed by atoms with Crippen LogP contribution in [0.2, 0.25) is 0 Å². The fourth-order valence-corrected chi connectivity index (χ4v) is 5.91. The first-order chi connectivity index (χ1) is 14.0. The van der Waals surface area contributed by atoms with Crippen molar-refractivity contribution in [1.29, 1.82) is 5.26 Å². The first-order valence-electron chi connectivity index (χ1n) is 11.2. The second-order valence-electron chi connectivity index (χ2n) is 10.6. The van der Waals surface area contributed by atoms with Gasteiger partial charge in [-0.3, -0.25) is 0 Å². The Hall–Kier alpha value is -1.51. The van der Waals surface area contributed by atoms with Crippen LogP contribution in [-0.2, 0) is 10.2 Å². The van der Waals surface area contributed by atoms with Crippen molar-refractivity contribution in [3.05, 3.63) is 29.3 Å². The number of aliphatic imine (C=N–C) groups is 1. The van der Waals surface area contributed by atoms with E-state index in [-0.39, 0.29) is 17.1 Å². The van der Waals surface area contributed by atoms with E-state index in [1.165, 1.54) is 25.7 Å². The molecule has 1 aromatic carbocycles. The summed E-state index contributed by atoms with van der Waals surface area (Å²) < 4.78 is 6.37. The maximum absolute atomic E-state index is 9.37. The second kappa shape index (κ2) is 8.93. The molecule has 0 bridgehead atoms. The zero-order valence-electron chi connectivity index (χ0n) is 19.7. The zero-order chi connectivity index (χ0) is 22.1. The first kappa shape index (κ1) is 23.2. The highest BCUT2D eigenvalue weighted by Crippen LogP contribution is 2.39. The van der Waals surface area contributed by atoms with Crippen LogP contribution in [0.15, 0.2) is 23.2 Å². The number of thioether (sulfide) groups is 1. The number of nitrogens with zero attached hydrogens (tertiary/aromatic N) is 3. The van der Waals surface area contributed by atoms with Gasteiger partial charge in [-0.25, -0.2) is 4.99 Å². The Balaban J connectivity index is 1.98. The predicted molar refractivity (Wildman–Crippen MR) is 128 cm³/mol. The molecular formula is C25H37N3OS. The summed E-state index contributed by atoms with van der Waals surface area (Å²) in [6.07, 6.45) is 5.21. The molecule has 0 unspecified atom stereocenters. The summed E-state index contributed by atoms with van der Waals surface area (Å²) in [5.41, 5.74) is 2.58. The Kier molecular flexibility index (Phi) is 6.89. The monoisotopic (exact) mass is 427 g/mol. The van der Waals surface area contributed by atoms with Crippen molar-refractivity contribution in [1.82, 2.24) is 4.90 Å². The number of hydrogen-bond acceptors (Lipinski definition) is 4. The lowest BCUT2D eigenvalue weighted by Crippen LogP contribution is -2.48. The van der Waals surface area contributed by atoms with Crippen LogP contribution in [0.1, 0.15) is 85.3 Å². The summed E-state index contributed by atoms with van der Waals surface area (Å²) in [6.45, 7) is 15.2. The Morgan fingerprint density at radius 1 is 1.17 bits per heavy atom. The third-order valence-corrected chi connectivity index (χ3v) is 6.98. The van der Waals surface area contributed by atoms with Gasteiger partial charge in [0.25, 0.3) is 0 Å². The molecule has 164 valence electrons. The third kappa shape index (κ3) is 5.39. The molecule has 1 saturated carbocycles. The van der Waals surface area contributed by atoms with Crippen molar-refractivity contribution in [3.63, 3.8) is 0 Å². The van der Waals surface area contributed by atoms with Crippen LogP contribution >= 0.6 is 11.8 Å². The summed E-state index contributed by atoms with van der Waals surface area (Å²) in [5, 5.41) is 10.5. The molecule has 0 N–H and O–H groups in total. The van der Waals surface area contributed by atoms with Gasteiger partial charge < -0.3 is 9.64 Å². The second-order valence-corrected chi connectivity index (χ2v) is 11.6. The highest BCUT2D eigenvalue weighted by Gasteiger charge is 2.41. The highest BCUT2D eigenvalue weighted by atomic mass is 32.2. The molecule has 1 aliphatic heterocycles. The van der Waals surface area contributed by atoms with Gasteiger partial charge in [0.05, 0.1) is 35.1 Å². The summed E-state index contributed by atoms with van der Waals surface area (Å²) in [5.74, 6) is 1.01. The van der Waals surface area contributed by atoms with Crippen molar-refractivity contribution in [2.75, 3.05) is 5.75 Å². The fraction of sp³-hybridized carbons (Fsp3) is 0.680. The number of rotatable bonds is 4. The van der Waals surface area contributed by atoms with Crippen molar-refractivity contribution in [2.45, 2.75) is 103 Å². The van der Waals surface area contributed by atoms with Gasteiger partial charge in [0, 0.05) is 11.8 Å². The van der Waals surface area contributed by atoms with Crippen molar-refractivity contribution in [3.8, 4) is 6.07 Å². The molecule has 0 amide bonds. The molecule has 1 heterocycles. The molecule has 2 fully saturated rings. The highest BCUT2D eigenvalue weighted by molar-refractivity contribution is 8.14. The van der Waals surface area contributed by atoms with E-state index < -0.39 is 0 Å². The van der Waals surface area contributed by atoms with Gasteiger partial charge >= 0.3 is 0 Å². The van der Waals surface area contributed by atoms with Crippen LogP contribution in [0.5, 0.6) is 0 Å². The minimum absolute atomic E-state index is 0.0737. The molecule has 2 aliphatic rings. The van der Waals surface area contributed by atoms with Crippen molar-refractivity contribution >= 4 is 22.6 Å². The number of hydrogen-bond donors (Lipinski definition) is 0. The Bertz CT molecular complexity index is 822. The van der Waals surface area contributed by atoms with E-state index in [0.717, 1.165) is 22.2 Å². The summed E-state index contributed by atoms with van der Waals surface area (Å²) >= 11 is 1.85. The molecule has 2 atom stereocenters. The van der Waals surface area contributed by atoms with Crippen molar-refractivity contribution in [2.24, 2.45) is 4.99 Å². The largest absolute Gasteiger partial charge is 0.371 e. The number of ether oxygens (including phenoxy) is 1. The zero-order valence-corrected chi connectivity index (χ0v) is 20.5. The average molecular weight is 428 g/mol. The van der Waals surface area contributed by atoms with E-state index in [0.29, 0.717) is 17.6 Å². The lowest BCUT2D eigenvalue weighted by atomic mass is 9.85. The van der Waals surface area contributed by atoms with Crippen LogP contribution in [0.25, 0.3) is 0 Å². The van der Waals surface area contributed by atoms with E-state index in [1.807, 2.05) is 30.0 Å². The molecule has 3 rings (SSSR count). The topological polar surface area (TPSA) is 48.6 Å². The van der Waals surface area contributed by atoms with Crippen LogP contribution in [0.4, 0.5) is 5.69 Å². The van der Waals surface area contributed by atoms with Gasteiger partial charge in [-0.2, -0.15) is 5.26 Å². The van der Waals surface area contributed by atoms with Gasteiger partial charge in [-0.15, -0.1) is 0 Å². The van der Waals surface area contributed by atoms with E-state index in [2.05, 4.69) is 59.4 Å². The maximum atomic E-state index is 9.37. The maximum Gasteiger partial charge on any atom is 0.165 e. The number of benzene rings is 1. The van der Waals surface area contributed by atoms with Crippen LogP contribution in [-0.4, -0.2) is 39.6 Å². The summed E-state index contributed by atoms with van der Waals surface area (Å²) in [7, 11) is 0. The smallest absolute Gasteiger partial charge is 0.165 e. The Labute approximate surface area is 187 Å². The summed E-state index contributed by atoms with van der Waals surface area (Å²) in [6, 6.07) is 9.07. The third-order valence-electron chi connectivity index (χ3n) is 5.91. The van der Waals surface area contributed by atoms with Gasteiger partial charge in [-0.05, 0) is 69.7 Å². The molecule has 1 saturated heterocycles. The SMILES string of the molecule is C[C@@H](OC(C)(C)C)[C@@H]1CS/C(=N\c2ccc(C#N)cc2C(C)(C)C)N1C1CCCC1. The predicted octanol–water partition coefficient (Wildman–Crippen LogP) is 6.41. The van der Waals surface area contributed by atoms with Crippen LogP contribution < -0.4 is 0 Å². The fourth-order valence-electron chi connectivity index (χ4n) is 4.56. The number of amidine groups is 1. The number of nitriles is 1. The quantitative estimate of drug-likeness (QED) is 0.557. The van der Waals surface area contributed by atoms with Crippen LogP contribution in [0.3, 0.4) is 0 Å². The van der Waals surface area contributed by atoms with Crippen molar-refractivity contribution < 1.29 is 4.74 Å². The van der Waals surface area contributed by atoms with Crippen LogP contribution in [0, 0.1) is 11.3 Å².